The lowest BCUT2D eigenvalue weighted by molar-refractivity contribution is 0.951. The second-order valence-electron chi connectivity index (χ2n) is 4.51. The van der Waals surface area contributed by atoms with E-state index in [1.807, 2.05) is 0 Å². The van der Waals surface area contributed by atoms with Gasteiger partial charge in [-0.25, -0.2) is 4.79 Å². The molecule has 2 heterocycles. The molecule has 0 aliphatic heterocycles. The van der Waals surface area contributed by atoms with Gasteiger partial charge >= 0.3 is 5.69 Å². The number of aromatic nitrogens is 3. The van der Waals surface area contributed by atoms with Crippen molar-refractivity contribution in [2.75, 3.05) is 11.9 Å². The molecule has 0 saturated carbocycles. The Morgan fingerprint density at radius 1 is 1.36 bits per heavy atom. The molecule has 6 heteroatoms. The van der Waals surface area contributed by atoms with Crippen LogP contribution in [0.3, 0.4) is 0 Å². The molecule has 3 rings (SSSR count). The number of nitrogens with one attached hydrogen (secondary N) is 1. The van der Waals surface area contributed by atoms with E-state index in [1.165, 1.54) is 4.57 Å². The van der Waals surface area contributed by atoms with Crippen molar-refractivity contribution in [2.45, 2.75) is 0 Å². The summed E-state index contributed by atoms with van der Waals surface area (Å²) in [5.74, 6) is 2.90. The maximum atomic E-state index is 12.4. The number of hydrogen-bond donors (Lipinski definition) is 1. The van der Waals surface area contributed by atoms with Crippen LogP contribution < -0.4 is 11.0 Å². The molecule has 5 nitrogen and oxygen atoms in total. The second kappa shape index (κ2) is 5.88. The molecule has 0 unspecified atom stereocenters. The fraction of sp³-hybridized carbons (Fsp3) is 0.0625. The minimum absolute atomic E-state index is 0.279. The van der Waals surface area contributed by atoms with E-state index in [4.69, 9.17) is 18.0 Å². The van der Waals surface area contributed by atoms with Crippen LogP contribution in [0.15, 0.2) is 47.5 Å². The van der Waals surface area contributed by atoms with Gasteiger partial charge in [-0.1, -0.05) is 17.5 Å². The zero-order valence-electron chi connectivity index (χ0n) is 11.5. The van der Waals surface area contributed by atoms with Crippen LogP contribution in [-0.2, 0) is 0 Å². The minimum atomic E-state index is -0.428. The highest BCUT2D eigenvalue weighted by Gasteiger charge is 2.12. The van der Waals surface area contributed by atoms with E-state index < -0.39 is 5.69 Å². The summed E-state index contributed by atoms with van der Waals surface area (Å²) in [5.41, 5.74) is 0.832. The summed E-state index contributed by atoms with van der Waals surface area (Å²) in [6, 6.07) is 8.79. The van der Waals surface area contributed by atoms with Crippen LogP contribution >= 0.6 is 11.6 Å². The zero-order valence-corrected chi connectivity index (χ0v) is 12.2. The van der Waals surface area contributed by atoms with Gasteiger partial charge in [0, 0.05) is 16.6 Å². The van der Waals surface area contributed by atoms with Gasteiger partial charge in [0.2, 0.25) is 0 Å². The van der Waals surface area contributed by atoms with Crippen LogP contribution in [0.5, 0.6) is 0 Å². The number of fused-ring (bicyclic) bond motifs is 1. The van der Waals surface area contributed by atoms with Crippen LogP contribution in [0.25, 0.3) is 16.6 Å². The number of hydrogen-bond acceptors (Lipinski definition) is 4. The van der Waals surface area contributed by atoms with Gasteiger partial charge in [0.1, 0.15) is 5.82 Å². The lowest BCUT2D eigenvalue weighted by atomic mass is 10.2. The van der Waals surface area contributed by atoms with Gasteiger partial charge in [-0.05, 0) is 30.3 Å². The van der Waals surface area contributed by atoms with Crippen LogP contribution in [0, 0.1) is 12.3 Å². The molecule has 1 aromatic carbocycles. The average Bonchev–Trinajstić information content (AvgIpc) is 2.53. The van der Waals surface area contributed by atoms with E-state index in [0.29, 0.717) is 22.0 Å². The summed E-state index contributed by atoms with van der Waals surface area (Å²) < 4.78 is 1.47. The van der Waals surface area contributed by atoms with Crippen LogP contribution in [-0.4, -0.2) is 21.1 Å². The average molecular weight is 311 g/mol. The van der Waals surface area contributed by atoms with E-state index >= 15 is 0 Å². The number of halogens is 1. The normalized spacial score (nSPS) is 10.4. The van der Waals surface area contributed by atoms with Crippen molar-refractivity contribution in [1.29, 1.82) is 0 Å². The fourth-order valence-electron chi connectivity index (χ4n) is 2.20. The summed E-state index contributed by atoms with van der Waals surface area (Å²) in [6.45, 7) is 0.279. The summed E-state index contributed by atoms with van der Waals surface area (Å²) in [7, 11) is 0. The molecular formula is C16H11ClN4O. The standard InChI is InChI=1S/C16H11ClN4O/c1-2-7-19-15-13-6-5-11(17)9-14(13)21(16(22)20-15)12-4-3-8-18-10-12/h1,3-6,8-10H,7H2,(H,19,20,22). The van der Waals surface area contributed by atoms with Gasteiger partial charge in [-0.15, -0.1) is 6.42 Å². The summed E-state index contributed by atoms with van der Waals surface area (Å²) in [5, 5.41) is 4.24. The third kappa shape index (κ3) is 2.52. The van der Waals surface area contributed by atoms with Crippen molar-refractivity contribution in [3.8, 4) is 18.0 Å². The van der Waals surface area contributed by atoms with Gasteiger partial charge in [-0.2, -0.15) is 4.98 Å². The van der Waals surface area contributed by atoms with Crippen LogP contribution in [0.1, 0.15) is 0 Å². The largest absolute Gasteiger partial charge is 0.358 e. The van der Waals surface area contributed by atoms with E-state index in [-0.39, 0.29) is 6.54 Å². The third-order valence-electron chi connectivity index (χ3n) is 3.12. The maximum Gasteiger partial charge on any atom is 0.354 e. The molecule has 0 spiro atoms. The van der Waals surface area contributed by atoms with Gasteiger partial charge in [0.15, 0.2) is 0 Å². The highest BCUT2D eigenvalue weighted by Crippen LogP contribution is 2.24. The molecule has 0 atom stereocenters. The second-order valence-corrected chi connectivity index (χ2v) is 4.95. The van der Waals surface area contributed by atoms with E-state index in [1.54, 1.807) is 42.7 Å². The molecule has 1 N–H and O–H groups in total. The zero-order chi connectivity index (χ0) is 15.5. The smallest absolute Gasteiger partial charge is 0.354 e. The number of rotatable bonds is 3. The predicted octanol–water partition coefficient (Wildman–Crippen LogP) is 2.48. The first kappa shape index (κ1) is 14.1. The summed E-state index contributed by atoms with van der Waals surface area (Å²) >= 11 is 6.08. The first-order valence-electron chi connectivity index (χ1n) is 6.51. The lowest BCUT2D eigenvalue weighted by Gasteiger charge is -2.13. The highest BCUT2D eigenvalue weighted by atomic mass is 35.5. The molecule has 0 aliphatic rings. The Morgan fingerprint density at radius 3 is 2.95 bits per heavy atom. The quantitative estimate of drug-likeness (QED) is 0.755. The number of terminal acetylenes is 1. The molecule has 3 aromatic rings. The predicted molar refractivity (Wildman–Crippen MR) is 87.5 cm³/mol. The molecular weight excluding hydrogens is 300 g/mol. The van der Waals surface area contributed by atoms with Crippen molar-refractivity contribution in [3.63, 3.8) is 0 Å². The van der Waals surface area contributed by atoms with Crippen molar-refractivity contribution in [3.05, 3.63) is 58.2 Å². The molecule has 108 valence electrons. The molecule has 2 aromatic heterocycles. The Labute approximate surface area is 131 Å². The van der Waals surface area contributed by atoms with E-state index in [0.717, 1.165) is 5.39 Å². The molecule has 0 aliphatic carbocycles. The Balaban J connectivity index is 2.34. The maximum absolute atomic E-state index is 12.4. The Kier molecular flexibility index (Phi) is 3.77. The van der Waals surface area contributed by atoms with Gasteiger partial charge in [-0.3, -0.25) is 9.55 Å². The molecule has 22 heavy (non-hydrogen) atoms. The van der Waals surface area contributed by atoms with Gasteiger partial charge < -0.3 is 5.32 Å². The molecule has 0 radical (unpaired) electrons. The SMILES string of the molecule is C#CCNc1nc(=O)n(-c2cccnc2)c2cc(Cl)ccc12. The third-order valence-corrected chi connectivity index (χ3v) is 3.35. The van der Waals surface area contributed by atoms with Crippen LogP contribution in [0.2, 0.25) is 5.02 Å². The Bertz CT molecular complexity index is 929. The van der Waals surface area contributed by atoms with Gasteiger partial charge in [0.05, 0.1) is 23.9 Å². The van der Waals surface area contributed by atoms with E-state index in [9.17, 15) is 4.79 Å². The molecule has 0 bridgehead atoms. The fourth-order valence-corrected chi connectivity index (χ4v) is 2.37. The number of anilines is 1. The summed E-state index contributed by atoms with van der Waals surface area (Å²) in [6.07, 6.45) is 8.48. The summed E-state index contributed by atoms with van der Waals surface area (Å²) in [4.78, 5) is 20.5. The van der Waals surface area contributed by atoms with Crippen molar-refractivity contribution in [1.82, 2.24) is 14.5 Å². The first-order valence-corrected chi connectivity index (χ1v) is 6.88. The Morgan fingerprint density at radius 2 is 2.23 bits per heavy atom. The minimum Gasteiger partial charge on any atom is -0.358 e. The van der Waals surface area contributed by atoms with Crippen molar-refractivity contribution in [2.24, 2.45) is 0 Å². The Hall–Kier alpha value is -2.84. The monoisotopic (exact) mass is 310 g/mol. The topological polar surface area (TPSA) is 59.8 Å². The number of benzene rings is 1. The first-order chi connectivity index (χ1) is 10.7. The molecule has 0 amide bonds. The van der Waals surface area contributed by atoms with E-state index in [2.05, 4.69) is 21.2 Å². The van der Waals surface area contributed by atoms with Crippen LogP contribution in [0.4, 0.5) is 5.82 Å². The lowest BCUT2D eigenvalue weighted by Crippen LogP contribution is -2.23. The molecule has 0 fully saturated rings. The molecule has 0 saturated heterocycles. The number of nitrogens with zero attached hydrogens (tertiary/aromatic N) is 3. The van der Waals surface area contributed by atoms with Crippen molar-refractivity contribution >= 4 is 28.3 Å². The highest BCUT2D eigenvalue weighted by molar-refractivity contribution is 6.31. The number of pyridine rings is 1. The van der Waals surface area contributed by atoms with Gasteiger partial charge in [0.25, 0.3) is 0 Å². The van der Waals surface area contributed by atoms with Crippen molar-refractivity contribution < 1.29 is 0 Å².